The molecule has 1 aromatic carbocycles. The second-order valence-electron chi connectivity index (χ2n) is 4.47. The van der Waals surface area contributed by atoms with Crippen LogP contribution in [0.25, 0.3) is 0 Å². The van der Waals surface area contributed by atoms with Crippen LogP contribution >= 0.6 is 11.3 Å². The van der Waals surface area contributed by atoms with Gasteiger partial charge in [0.2, 0.25) is 0 Å². The van der Waals surface area contributed by atoms with Crippen molar-refractivity contribution < 1.29 is 4.74 Å². The normalized spacial score (nSPS) is 12.6. The van der Waals surface area contributed by atoms with Crippen LogP contribution in [0.5, 0.6) is 0 Å². The Bertz CT molecular complexity index is 489. The maximum atomic E-state index is 6.29. The number of hydrogen-bond acceptors (Lipinski definition) is 3. The first-order chi connectivity index (χ1) is 8.72. The van der Waals surface area contributed by atoms with Gasteiger partial charge in [0, 0.05) is 7.11 Å². The molecule has 0 aliphatic heterocycles. The maximum absolute atomic E-state index is 6.29. The summed E-state index contributed by atoms with van der Waals surface area (Å²) in [6.07, 6.45) is 0.948. The molecule has 0 fully saturated rings. The molecule has 1 atom stereocenters. The van der Waals surface area contributed by atoms with E-state index in [2.05, 4.69) is 41.9 Å². The second kappa shape index (κ2) is 6.14. The third kappa shape index (κ3) is 2.99. The molecule has 18 heavy (non-hydrogen) atoms. The number of hydrogen-bond donors (Lipinski definition) is 1. The summed E-state index contributed by atoms with van der Waals surface area (Å²) in [7, 11) is 1.73. The van der Waals surface area contributed by atoms with E-state index in [1.54, 1.807) is 18.4 Å². The van der Waals surface area contributed by atoms with Crippen LogP contribution < -0.4 is 5.73 Å². The van der Waals surface area contributed by atoms with Crippen molar-refractivity contribution in [1.29, 1.82) is 0 Å². The SMILES string of the molecule is COCCc1ccc(C(N)c2cscc2C)cc1. The van der Waals surface area contributed by atoms with Gasteiger partial charge in [-0.15, -0.1) is 0 Å². The third-order valence-electron chi connectivity index (χ3n) is 3.16. The highest BCUT2D eigenvalue weighted by atomic mass is 32.1. The molecule has 1 aromatic heterocycles. The molecule has 0 amide bonds. The Balaban J connectivity index is 2.12. The molecule has 0 bridgehead atoms. The molecule has 0 saturated heterocycles. The summed E-state index contributed by atoms with van der Waals surface area (Å²) >= 11 is 1.71. The summed E-state index contributed by atoms with van der Waals surface area (Å²) in [6, 6.07) is 8.48. The highest BCUT2D eigenvalue weighted by molar-refractivity contribution is 7.08. The van der Waals surface area contributed by atoms with Gasteiger partial charge in [0.25, 0.3) is 0 Å². The van der Waals surface area contributed by atoms with Crippen molar-refractivity contribution in [3.63, 3.8) is 0 Å². The lowest BCUT2D eigenvalue weighted by Crippen LogP contribution is -2.12. The van der Waals surface area contributed by atoms with Gasteiger partial charge in [-0.05, 0) is 46.4 Å². The van der Waals surface area contributed by atoms with E-state index in [1.807, 2.05) is 0 Å². The van der Waals surface area contributed by atoms with E-state index < -0.39 is 0 Å². The molecule has 2 rings (SSSR count). The first-order valence-electron chi connectivity index (χ1n) is 6.08. The minimum Gasteiger partial charge on any atom is -0.384 e. The van der Waals surface area contributed by atoms with Gasteiger partial charge in [0.1, 0.15) is 0 Å². The summed E-state index contributed by atoms with van der Waals surface area (Å²) < 4.78 is 5.07. The van der Waals surface area contributed by atoms with Crippen molar-refractivity contribution in [3.05, 3.63) is 57.3 Å². The molecule has 3 heteroatoms. The van der Waals surface area contributed by atoms with Crippen LogP contribution in [0.15, 0.2) is 35.0 Å². The lowest BCUT2D eigenvalue weighted by atomic mass is 9.98. The van der Waals surface area contributed by atoms with Crippen molar-refractivity contribution in [2.45, 2.75) is 19.4 Å². The summed E-state index contributed by atoms with van der Waals surface area (Å²) in [5.74, 6) is 0. The fourth-order valence-corrected chi connectivity index (χ4v) is 2.87. The Morgan fingerprint density at radius 2 is 1.94 bits per heavy atom. The van der Waals surface area contributed by atoms with E-state index in [9.17, 15) is 0 Å². The van der Waals surface area contributed by atoms with Crippen LogP contribution in [0.3, 0.4) is 0 Å². The third-order valence-corrected chi connectivity index (χ3v) is 4.04. The number of ether oxygens (including phenoxy) is 1. The summed E-state index contributed by atoms with van der Waals surface area (Å²) in [5, 5.41) is 4.28. The minimum atomic E-state index is -0.0206. The summed E-state index contributed by atoms with van der Waals surface area (Å²) in [5.41, 5.74) is 11.2. The van der Waals surface area contributed by atoms with Gasteiger partial charge in [-0.25, -0.2) is 0 Å². The lowest BCUT2D eigenvalue weighted by Gasteiger charge is -2.12. The molecule has 0 aliphatic carbocycles. The lowest BCUT2D eigenvalue weighted by molar-refractivity contribution is 0.202. The van der Waals surface area contributed by atoms with Gasteiger partial charge < -0.3 is 10.5 Å². The molecule has 0 radical (unpaired) electrons. The van der Waals surface area contributed by atoms with Crippen LogP contribution in [0, 0.1) is 6.92 Å². The zero-order valence-electron chi connectivity index (χ0n) is 10.8. The van der Waals surface area contributed by atoms with Gasteiger partial charge in [-0.1, -0.05) is 24.3 Å². The molecule has 96 valence electrons. The monoisotopic (exact) mass is 261 g/mol. The summed E-state index contributed by atoms with van der Waals surface area (Å²) in [4.78, 5) is 0. The largest absolute Gasteiger partial charge is 0.384 e. The van der Waals surface area contributed by atoms with Crippen molar-refractivity contribution >= 4 is 11.3 Å². The van der Waals surface area contributed by atoms with Crippen LogP contribution in [-0.4, -0.2) is 13.7 Å². The maximum Gasteiger partial charge on any atom is 0.0562 e. The Labute approximate surface area is 112 Å². The van der Waals surface area contributed by atoms with E-state index in [0.717, 1.165) is 18.6 Å². The zero-order valence-corrected chi connectivity index (χ0v) is 11.7. The van der Waals surface area contributed by atoms with Crippen molar-refractivity contribution in [1.82, 2.24) is 0 Å². The van der Waals surface area contributed by atoms with Gasteiger partial charge in [-0.2, -0.15) is 11.3 Å². The Kier molecular flexibility index (Phi) is 4.53. The number of benzene rings is 1. The van der Waals surface area contributed by atoms with E-state index >= 15 is 0 Å². The van der Waals surface area contributed by atoms with Crippen LogP contribution in [0.2, 0.25) is 0 Å². The average Bonchev–Trinajstić information content (AvgIpc) is 2.82. The number of aryl methyl sites for hydroxylation is 1. The summed E-state index contributed by atoms with van der Waals surface area (Å²) in [6.45, 7) is 2.87. The first-order valence-corrected chi connectivity index (χ1v) is 7.02. The second-order valence-corrected chi connectivity index (χ2v) is 5.22. The number of nitrogens with two attached hydrogens (primary N) is 1. The Hall–Kier alpha value is -1.16. The van der Waals surface area contributed by atoms with Gasteiger partial charge in [0.15, 0.2) is 0 Å². The van der Waals surface area contributed by atoms with Crippen molar-refractivity contribution in [2.75, 3.05) is 13.7 Å². The first kappa shape index (κ1) is 13.3. The number of rotatable bonds is 5. The smallest absolute Gasteiger partial charge is 0.0562 e. The molecule has 1 heterocycles. The van der Waals surface area contributed by atoms with Crippen molar-refractivity contribution in [2.24, 2.45) is 5.73 Å². The fraction of sp³-hybridized carbons (Fsp3) is 0.333. The molecular weight excluding hydrogens is 242 g/mol. The topological polar surface area (TPSA) is 35.2 Å². The molecule has 1 unspecified atom stereocenters. The molecule has 2 N–H and O–H groups in total. The van der Waals surface area contributed by atoms with E-state index in [4.69, 9.17) is 10.5 Å². The molecule has 0 saturated carbocycles. The predicted octanol–water partition coefficient (Wildman–Crippen LogP) is 3.29. The highest BCUT2D eigenvalue weighted by Gasteiger charge is 2.11. The van der Waals surface area contributed by atoms with Gasteiger partial charge >= 0.3 is 0 Å². The molecule has 2 nitrogen and oxygen atoms in total. The number of methoxy groups -OCH3 is 1. The molecular formula is C15H19NOS. The number of thiophene rings is 1. The Morgan fingerprint density at radius 1 is 1.22 bits per heavy atom. The quantitative estimate of drug-likeness (QED) is 0.896. The van der Waals surface area contributed by atoms with Gasteiger partial charge in [-0.3, -0.25) is 0 Å². The minimum absolute atomic E-state index is 0.0206. The van der Waals surface area contributed by atoms with E-state index in [-0.39, 0.29) is 6.04 Å². The van der Waals surface area contributed by atoms with E-state index in [1.165, 1.54) is 16.7 Å². The standard InChI is InChI=1S/C15H19NOS/c1-11-9-18-10-14(11)15(16)13-5-3-12(4-6-13)7-8-17-2/h3-6,9-10,15H,7-8,16H2,1-2H3. The fourth-order valence-electron chi connectivity index (χ4n) is 1.98. The van der Waals surface area contributed by atoms with Gasteiger partial charge in [0.05, 0.1) is 12.6 Å². The van der Waals surface area contributed by atoms with Crippen molar-refractivity contribution in [3.8, 4) is 0 Å². The van der Waals surface area contributed by atoms with E-state index in [0.29, 0.717) is 0 Å². The highest BCUT2D eigenvalue weighted by Crippen LogP contribution is 2.25. The molecule has 2 aromatic rings. The zero-order chi connectivity index (χ0) is 13.0. The molecule has 0 aliphatic rings. The van der Waals surface area contributed by atoms with Crippen LogP contribution in [0.1, 0.15) is 28.3 Å². The molecule has 0 spiro atoms. The van der Waals surface area contributed by atoms with Crippen LogP contribution in [-0.2, 0) is 11.2 Å². The van der Waals surface area contributed by atoms with Crippen LogP contribution in [0.4, 0.5) is 0 Å². The Morgan fingerprint density at radius 3 is 2.50 bits per heavy atom. The predicted molar refractivity (Wildman–Crippen MR) is 77.1 cm³/mol. The average molecular weight is 261 g/mol.